The minimum absolute atomic E-state index is 0.0772. The molecule has 0 saturated heterocycles. The Bertz CT molecular complexity index is 1030. The maximum absolute atomic E-state index is 13.1. The molecule has 0 aromatic heterocycles. The number of amides is 1. The summed E-state index contributed by atoms with van der Waals surface area (Å²) in [5.74, 6) is -0.571. The molecule has 3 rings (SSSR count). The Morgan fingerprint density at radius 3 is 2.28 bits per heavy atom. The average Bonchev–Trinajstić information content (AvgIpc) is 2.93. The minimum Gasteiger partial charge on any atom is -0.508 e. The van der Waals surface area contributed by atoms with E-state index in [0.717, 1.165) is 5.56 Å². The molecular weight excluding hydrogens is 406 g/mol. The molecule has 1 unspecified atom stereocenters. The van der Waals surface area contributed by atoms with E-state index in [1.165, 1.54) is 17.0 Å². The van der Waals surface area contributed by atoms with Crippen LogP contribution in [-0.4, -0.2) is 32.4 Å². The van der Waals surface area contributed by atoms with Gasteiger partial charge in [-0.15, -0.1) is 0 Å². The fourth-order valence-electron chi connectivity index (χ4n) is 3.83. The number of nitrogens with zero attached hydrogens (tertiary/aromatic N) is 1. The molecule has 1 amide bonds. The first-order valence-corrected chi connectivity index (χ1v) is 10.8. The number of carbonyl (C=O) groups is 2. The lowest BCUT2D eigenvalue weighted by Crippen LogP contribution is -2.31. The van der Waals surface area contributed by atoms with E-state index in [4.69, 9.17) is 4.74 Å². The van der Waals surface area contributed by atoms with Gasteiger partial charge in [0, 0.05) is 12.0 Å². The molecule has 0 saturated carbocycles. The van der Waals surface area contributed by atoms with Gasteiger partial charge in [-0.3, -0.25) is 9.59 Å². The maximum Gasteiger partial charge on any atom is 0.290 e. The van der Waals surface area contributed by atoms with Gasteiger partial charge in [0.05, 0.1) is 18.2 Å². The van der Waals surface area contributed by atoms with Crippen LogP contribution in [-0.2, 0) is 16.1 Å². The molecule has 32 heavy (non-hydrogen) atoms. The van der Waals surface area contributed by atoms with Crippen molar-refractivity contribution in [3.05, 3.63) is 71.0 Å². The highest BCUT2D eigenvalue weighted by Crippen LogP contribution is 2.41. The van der Waals surface area contributed by atoms with Gasteiger partial charge in [0.2, 0.25) is 0 Å². The van der Waals surface area contributed by atoms with Gasteiger partial charge >= 0.3 is 0 Å². The normalized spacial score (nSPS) is 16.8. The van der Waals surface area contributed by atoms with Crippen LogP contribution in [0.15, 0.2) is 59.9 Å². The topological polar surface area (TPSA) is 87.1 Å². The van der Waals surface area contributed by atoms with Crippen LogP contribution in [0.2, 0.25) is 0 Å². The number of ketones is 1. The number of hydrogen-bond donors (Lipinski definition) is 2. The summed E-state index contributed by atoms with van der Waals surface area (Å²) in [6.45, 7) is 9.82. The summed E-state index contributed by atoms with van der Waals surface area (Å²) in [6, 6.07) is 13.0. The molecule has 0 radical (unpaired) electrons. The van der Waals surface area contributed by atoms with Crippen LogP contribution >= 0.6 is 0 Å². The Hall–Kier alpha value is -3.28. The quantitative estimate of drug-likeness (QED) is 0.631. The van der Waals surface area contributed by atoms with Crippen LogP contribution < -0.4 is 4.74 Å². The van der Waals surface area contributed by atoms with Gasteiger partial charge < -0.3 is 19.8 Å². The van der Waals surface area contributed by atoms with E-state index in [0.29, 0.717) is 11.3 Å². The largest absolute Gasteiger partial charge is 0.508 e. The number of carbonyl (C=O) groups excluding carboxylic acids is 2. The second-order valence-electron chi connectivity index (χ2n) is 9.53. The van der Waals surface area contributed by atoms with Crippen molar-refractivity contribution in [1.82, 2.24) is 4.90 Å². The zero-order valence-electron chi connectivity index (χ0n) is 19.3. The molecule has 0 bridgehead atoms. The van der Waals surface area contributed by atoms with Crippen LogP contribution in [0.3, 0.4) is 0 Å². The summed E-state index contributed by atoms with van der Waals surface area (Å²) in [6.07, 6.45) is 0.221. The smallest absolute Gasteiger partial charge is 0.290 e. The number of Topliss-reactive ketones (excluding diaryl/α,β-unsaturated/α-hetero) is 1. The molecule has 1 aliphatic rings. The first-order chi connectivity index (χ1) is 15.0. The summed E-state index contributed by atoms with van der Waals surface area (Å²) in [5, 5.41) is 20.4. The highest BCUT2D eigenvalue weighted by Gasteiger charge is 2.43. The van der Waals surface area contributed by atoms with Crippen LogP contribution in [0.25, 0.3) is 0 Å². The van der Waals surface area contributed by atoms with Crippen molar-refractivity contribution in [2.24, 2.45) is 5.92 Å². The fourth-order valence-corrected chi connectivity index (χ4v) is 3.83. The molecule has 2 N–H and O–H groups in total. The molecule has 2 aromatic rings. The van der Waals surface area contributed by atoms with Crippen molar-refractivity contribution < 1.29 is 24.5 Å². The number of rotatable bonds is 7. The van der Waals surface area contributed by atoms with Crippen molar-refractivity contribution in [2.45, 2.75) is 59.2 Å². The van der Waals surface area contributed by atoms with Gasteiger partial charge in [-0.2, -0.15) is 0 Å². The lowest BCUT2D eigenvalue weighted by atomic mass is 9.92. The molecule has 1 heterocycles. The Balaban J connectivity index is 2.04. The Kier molecular flexibility index (Phi) is 6.63. The maximum atomic E-state index is 13.1. The summed E-state index contributed by atoms with van der Waals surface area (Å²) in [4.78, 5) is 27.7. The van der Waals surface area contributed by atoms with Gasteiger partial charge in [-0.05, 0) is 50.5 Å². The van der Waals surface area contributed by atoms with Crippen LogP contribution in [0.1, 0.15) is 58.2 Å². The molecule has 0 fully saturated rings. The van der Waals surface area contributed by atoms with E-state index >= 15 is 0 Å². The van der Waals surface area contributed by atoms with Crippen molar-refractivity contribution in [3.8, 4) is 11.5 Å². The van der Waals surface area contributed by atoms with Gasteiger partial charge in [-0.1, -0.05) is 44.2 Å². The third-order valence-electron chi connectivity index (χ3n) is 5.14. The molecular formula is C26H31NO5. The molecule has 6 heteroatoms. The summed E-state index contributed by atoms with van der Waals surface area (Å²) in [7, 11) is 0. The predicted octanol–water partition coefficient (Wildman–Crippen LogP) is 5.08. The molecule has 1 atom stereocenters. The lowest BCUT2D eigenvalue weighted by molar-refractivity contribution is -0.130. The van der Waals surface area contributed by atoms with Gasteiger partial charge in [0.25, 0.3) is 5.91 Å². The van der Waals surface area contributed by atoms with Crippen molar-refractivity contribution in [1.29, 1.82) is 0 Å². The number of phenolic OH excluding ortho intramolecular Hbond substituents is 1. The molecule has 0 spiro atoms. The van der Waals surface area contributed by atoms with Crippen molar-refractivity contribution >= 4 is 11.7 Å². The van der Waals surface area contributed by atoms with Crippen LogP contribution in [0.5, 0.6) is 11.5 Å². The summed E-state index contributed by atoms with van der Waals surface area (Å²) < 4.78 is 6.07. The molecule has 1 aliphatic heterocycles. The number of aromatic hydroxyl groups is 1. The number of aliphatic hydroxyl groups excluding tert-OH is 1. The third kappa shape index (κ3) is 5.13. The van der Waals surface area contributed by atoms with E-state index in [-0.39, 0.29) is 36.0 Å². The first kappa shape index (κ1) is 23.4. The van der Waals surface area contributed by atoms with E-state index in [1.54, 1.807) is 12.1 Å². The van der Waals surface area contributed by atoms with E-state index < -0.39 is 23.3 Å². The third-order valence-corrected chi connectivity index (χ3v) is 5.14. The van der Waals surface area contributed by atoms with Crippen LogP contribution in [0, 0.1) is 5.92 Å². The summed E-state index contributed by atoms with van der Waals surface area (Å²) >= 11 is 0. The standard InChI is InChI=1S/C26H31NO5/c1-16(2)14-20(29)22-23(17-10-12-19(28)13-11-17)27(25(31)24(22)30)15-18-8-6-7-9-21(18)32-26(3,4)5/h6-13,16,23,28,30H,14-15H2,1-5H3. The second-order valence-corrected chi connectivity index (χ2v) is 9.53. The number of benzene rings is 2. The predicted molar refractivity (Wildman–Crippen MR) is 122 cm³/mol. The van der Waals surface area contributed by atoms with Crippen molar-refractivity contribution in [2.75, 3.05) is 0 Å². The van der Waals surface area contributed by atoms with E-state index in [1.807, 2.05) is 58.9 Å². The molecule has 2 aromatic carbocycles. The Morgan fingerprint density at radius 1 is 1.06 bits per heavy atom. The molecule has 6 nitrogen and oxygen atoms in total. The highest BCUT2D eigenvalue weighted by molar-refractivity contribution is 6.09. The van der Waals surface area contributed by atoms with E-state index in [2.05, 4.69) is 0 Å². The zero-order chi connectivity index (χ0) is 23.6. The highest BCUT2D eigenvalue weighted by atomic mass is 16.5. The summed E-state index contributed by atoms with van der Waals surface area (Å²) in [5.41, 5.74) is 1.08. The Morgan fingerprint density at radius 2 is 1.69 bits per heavy atom. The van der Waals surface area contributed by atoms with Gasteiger partial charge in [0.15, 0.2) is 11.5 Å². The molecule has 0 aliphatic carbocycles. The number of phenols is 1. The second kappa shape index (κ2) is 9.07. The number of hydrogen-bond acceptors (Lipinski definition) is 5. The fraction of sp³-hybridized carbons (Fsp3) is 0.385. The van der Waals surface area contributed by atoms with Crippen LogP contribution in [0.4, 0.5) is 0 Å². The SMILES string of the molecule is CC(C)CC(=O)C1=C(O)C(=O)N(Cc2ccccc2OC(C)(C)C)C1c1ccc(O)cc1. The average molecular weight is 438 g/mol. The van der Waals surface area contributed by atoms with Crippen molar-refractivity contribution in [3.63, 3.8) is 0 Å². The first-order valence-electron chi connectivity index (χ1n) is 10.8. The monoisotopic (exact) mass is 437 g/mol. The van der Waals surface area contributed by atoms with E-state index in [9.17, 15) is 19.8 Å². The molecule has 170 valence electrons. The van der Waals surface area contributed by atoms with Gasteiger partial charge in [-0.25, -0.2) is 0 Å². The zero-order valence-corrected chi connectivity index (χ0v) is 19.3. The minimum atomic E-state index is -0.753. The lowest BCUT2D eigenvalue weighted by Gasteiger charge is -2.29. The number of para-hydroxylation sites is 1. The van der Waals surface area contributed by atoms with Gasteiger partial charge in [0.1, 0.15) is 17.1 Å². The number of aliphatic hydroxyl groups is 1. The number of ether oxygens (including phenoxy) is 1. The Labute approximate surface area is 189 Å².